The fourth-order valence-electron chi connectivity index (χ4n) is 2.97. The van der Waals surface area contributed by atoms with Crippen LogP contribution in [0.5, 0.6) is 0 Å². The Balaban J connectivity index is 1.44. The standard InChI is InChI=1S/C23H18N6O3S/c30-21(25-24-15-17-11-13-20(14-12-17)29(31)32)16-33-23-27-26-22(18-7-3-1-4-8-18)28(23)19-9-5-2-6-10-19/h1-15H,16H2,(H,25,30). The maximum absolute atomic E-state index is 12.3. The van der Waals surface area contributed by atoms with E-state index in [-0.39, 0.29) is 17.3 Å². The Hall–Kier alpha value is -4.31. The number of nitro groups is 1. The molecule has 0 saturated carbocycles. The third-order valence-electron chi connectivity index (χ3n) is 4.52. The highest BCUT2D eigenvalue weighted by Gasteiger charge is 2.17. The van der Waals surface area contributed by atoms with Gasteiger partial charge in [0.1, 0.15) is 0 Å². The second kappa shape index (κ2) is 10.3. The van der Waals surface area contributed by atoms with Gasteiger partial charge in [-0.2, -0.15) is 5.10 Å². The van der Waals surface area contributed by atoms with Gasteiger partial charge in [-0.3, -0.25) is 19.5 Å². The normalized spacial score (nSPS) is 10.9. The number of hydrazone groups is 1. The topological polar surface area (TPSA) is 115 Å². The van der Waals surface area contributed by atoms with Crippen LogP contribution in [0, 0.1) is 10.1 Å². The summed E-state index contributed by atoms with van der Waals surface area (Å²) in [6.45, 7) is 0. The summed E-state index contributed by atoms with van der Waals surface area (Å²) in [5.74, 6) is 0.445. The summed E-state index contributed by atoms with van der Waals surface area (Å²) >= 11 is 1.25. The van der Waals surface area contributed by atoms with Crippen molar-refractivity contribution >= 4 is 29.6 Å². The first kappa shape index (κ1) is 21.9. The van der Waals surface area contributed by atoms with E-state index in [2.05, 4.69) is 20.7 Å². The zero-order valence-electron chi connectivity index (χ0n) is 17.2. The quantitative estimate of drug-likeness (QED) is 0.184. The van der Waals surface area contributed by atoms with Crippen molar-refractivity contribution in [1.29, 1.82) is 0 Å². The zero-order chi connectivity index (χ0) is 23.0. The average molecular weight is 459 g/mol. The Morgan fingerprint density at radius 2 is 1.67 bits per heavy atom. The molecule has 0 fully saturated rings. The molecule has 0 spiro atoms. The highest BCUT2D eigenvalue weighted by Crippen LogP contribution is 2.27. The predicted octanol–water partition coefficient (Wildman–Crippen LogP) is 4.08. The number of aromatic nitrogens is 3. The van der Waals surface area contributed by atoms with Crippen LogP contribution in [-0.4, -0.2) is 37.6 Å². The first-order chi connectivity index (χ1) is 16.1. The van der Waals surface area contributed by atoms with Crippen molar-refractivity contribution in [2.24, 2.45) is 5.10 Å². The predicted molar refractivity (Wildman–Crippen MR) is 126 cm³/mol. The van der Waals surface area contributed by atoms with Crippen LogP contribution in [0.15, 0.2) is 95.2 Å². The van der Waals surface area contributed by atoms with Gasteiger partial charge in [-0.25, -0.2) is 5.43 Å². The molecule has 4 aromatic rings. The van der Waals surface area contributed by atoms with Crippen molar-refractivity contribution < 1.29 is 9.72 Å². The first-order valence-corrected chi connectivity index (χ1v) is 10.9. The van der Waals surface area contributed by atoms with Gasteiger partial charge >= 0.3 is 0 Å². The van der Waals surface area contributed by atoms with Crippen LogP contribution in [0.3, 0.4) is 0 Å². The van der Waals surface area contributed by atoms with Crippen molar-refractivity contribution in [2.45, 2.75) is 5.16 Å². The van der Waals surface area contributed by atoms with E-state index in [0.29, 0.717) is 16.5 Å². The number of amides is 1. The molecule has 1 N–H and O–H groups in total. The minimum atomic E-state index is -0.475. The number of nitrogens with one attached hydrogen (secondary N) is 1. The van der Waals surface area contributed by atoms with Gasteiger partial charge in [-0.05, 0) is 29.8 Å². The molecule has 0 bridgehead atoms. The lowest BCUT2D eigenvalue weighted by Gasteiger charge is -2.10. The number of hydrogen-bond donors (Lipinski definition) is 1. The van der Waals surface area contributed by atoms with Crippen molar-refractivity contribution in [1.82, 2.24) is 20.2 Å². The van der Waals surface area contributed by atoms with Crippen LogP contribution in [-0.2, 0) is 4.79 Å². The second-order valence-electron chi connectivity index (χ2n) is 6.77. The van der Waals surface area contributed by atoms with E-state index in [4.69, 9.17) is 0 Å². The highest BCUT2D eigenvalue weighted by atomic mass is 32.2. The molecule has 0 unspecified atom stereocenters. The molecule has 1 aromatic heterocycles. The van der Waals surface area contributed by atoms with Crippen molar-refractivity contribution in [3.8, 4) is 17.1 Å². The number of rotatable bonds is 8. The summed E-state index contributed by atoms with van der Waals surface area (Å²) in [6, 6.07) is 25.3. The molecule has 164 valence electrons. The van der Waals surface area contributed by atoms with Gasteiger partial charge in [0.25, 0.3) is 11.6 Å². The number of para-hydroxylation sites is 1. The third-order valence-corrected chi connectivity index (χ3v) is 5.45. The number of carbonyl (C=O) groups is 1. The molecular formula is C23H18N6O3S. The maximum Gasteiger partial charge on any atom is 0.269 e. The Morgan fingerprint density at radius 1 is 1.00 bits per heavy atom. The van der Waals surface area contributed by atoms with Crippen LogP contribution in [0.25, 0.3) is 17.1 Å². The number of nitro benzene ring substituents is 1. The molecule has 0 radical (unpaired) electrons. The summed E-state index contributed by atoms with van der Waals surface area (Å²) in [5, 5.41) is 23.8. The number of carbonyl (C=O) groups excluding carboxylic acids is 1. The molecule has 0 saturated heterocycles. The number of thioether (sulfide) groups is 1. The molecule has 10 heteroatoms. The van der Waals surface area contributed by atoms with Crippen LogP contribution in [0.1, 0.15) is 5.56 Å². The van der Waals surface area contributed by atoms with Crippen LogP contribution in [0.2, 0.25) is 0 Å². The molecular weight excluding hydrogens is 440 g/mol. The van der Waals surface area contributed by atoms with Gasteiger partial charge in [-0.15, -0.1) is 10.2 Å². The van der Waals surface area contributed by atoms with E-state index >= 15 is 0 Å². The first-order valence-electron chi connectivity index (χ1n) is 9.87. The van der Waals surface area contributed by atoms with E-state index in [1.807, 2.05) is 65.2 Å². The largest absolute Gasteiger partial charge is 0.272 e. The number of non-ortho nitro benzene ring substituents is 1. The van der Waals surface area contributed by atoms with Crippen LogP contribution in [0.4, 0.5) is 5.69 Å². The highest BCUT2D eigenvalue weighted by molar-refractivity contribution is 7.99. The summed E-state index contributed by atoms with van der Waals surface area (Å²) < 4.78 is 1.91. The molecule has 4 rings (SSSR count). The Bertz CT molecular complexity index is 1270. The minimum Gasteiger partial charge on any atom is -0.272 e. The van der Waals surface area contributed by atoms with Crippen molar-refractivity contribution in [3.05, 3.63) is 101 Å². The Morgan fingerprint density at radius 3 is 2.33 bits per heavy atom. The SMILES string of the molecule is O=C(CSc1nnc(-c2ccccc2)n1-c1ccccc1)NN=Cc1ccc([N+](=O)[O-])cc1. The van der Waals surface area contributed by atoms with E-state index < -0.39 is 4.92 Å². The molecule has 0 aliphatic carbocycles. The smallest absolute Gasteiger partial charge is 0.269 e. The van der Waals surface area contributed by atoms with E-state index in [1.165, 1.54) is 30.1 Å². The molecule has 0 aliphatic heterocycles. The van der Waals surface area contributed by atoms with E-state index in [1.54, 1.807) is 12.1 Å². The Labute approximate surface area is 193 Å². The molecule has 1 amide bonds. The lowest BCUT2D eigenvalue weighted by Crippen LogP contribution is -2.20. The van der Waals surface area contributed by atoms with Gasteiger partial charge in [0.05, 0.1) is 16.9 Å². The Kier molecular flexibility index (Phi) is 6.86. The lowest BCUT2D eigenvalue weighted by molar-refractivity contribution is -0.384. The maximum atomic E-state index is 12.3. The van der Waals surface area contributed by atoms with Crippen LogP contribution < -0.4 is 5.43 Å². The average Bonchev–Trinajstić information content (AvgIpc) is 3.28. The van der Waals surface area contributed by atoms with Gasteiger partial charge < -0.3 is 0 Å². The van der Waals surface area contributed by atoms with Gasteiger partial charge in [0.2, 0.25) is 0 Å². The molecule has 1 heterocycles. The molecule has 3 aromatic carbocycles. The number of nitrogens with zero attached hydrogens (tertiary/aromatic N) is 5. The lowest BCUT2D eigenvalue weighted by atomic mass is 10.2. The molecule has 33 heavy (non-hydrogen) atoms. The molecule has 9 nitrogen and oxygen atoms in total. The monoisotopic (exact) mass is 458 g/mol. The van der Waals surface area contributed by atoms with Crippen molar-refractivity contribution in [3.63, 3.8) is 0 Å². The fraction of sp³-hybridized carbons (Fsp3) is 0.0435. The number of hydrogen-bond acceptors (Lipinski definition) is 7. The van der Waals surface area contributed by atoms with E-state index in [0.717, 1.165) is 11.3 Å². The van der Waals surface area contributed by atoms with E-state index in [9.17, 15) is 14.9 Å². The van der Waals surface area contributed by atoms with Crippen LogP contribution >= 0.6 is 11.8 Å². The zero-order valence-corrected chi connectivity index (χ0v) is 18.1. The second-order valence-corrected chi connectivity index (χ2v) is 7.72. The van der Waals surface area contributed by atoms with Crippen molar-refractivity contribution in [2.75, 3.05) is 5.75 Å². The summed E-state index contributed by atoms with van der Waals surface area (Å²) in [5.41, 5.74) is 4.88. The molecule has 0 aliphatic rings. The van der Waals surface area contributed by atoms with Gasteiger partial charge in [-0.1, -0.05) is 60.3 Å². The summed E-state index contributed by atoms with van der Waals surface area (Å²) in [7, 11) is 0. The number of benzene rings is 3. The minimum absolute atomic E-state index is 0.00927. The summed E-state index contributed by atoms with van der Waals surface area (Å²) in [4.78, 5) is 22.5. The van der Waals surface area contributed by atoms with Gasteiger partial charge in [0, 0.05) is 23.4 Å². The summed E-state index contributed by atoms with van der Waals surface area (Å²) in [6.07, 6.45) is 1.42. The third kappa shape index (κ3) is 5.49. The van der Waals surface area contributed by atoms with Gasteiger partial charge in [0.15, 0.2) is 11.0 Å². The fourth-order valence-corrected chi connectivity index (χ4v) is 3.71. The molecule has 0 atom stereocenters.